The molecule has 0 aromatic heterocycles. The van der Waals surface area contributed by atoms with Gasteiger partial charge >= 0.3 is 0 Å². The number of nitrogens with one attached hydrogen (secondary N) is 1. The first-order chi connectivity index (χ1) is 14.2. The van der Waals surface area contributed by atoms with E-state index >= 15 is 0 Å². The molecule has 29 heavy (non-hydrogen) atoms. The lowest BCUT2D eigenvalue weighted by Gasteiger charge is -2.20. The summed E-state index contributed by atoms with van der Waals surface area (Å²) in [5.41, 5.74) is 1.51. The summed E-state index contributed by atoms with van der Waals surface area (Å²) in [6.07, 6.45) is 2.08. The molecule has 2 aliphatic rings. The van der Waals surface area contributed by atoms with Crippen LogP contribution in [0.3, 0.4) is 0 Å². The number of amides is 2. The number of hydrogen-bond donors (Lipinski definition) is 1. The maximum atomic E-state index is 13.1. The number of hydrogen-bond acceptors (Lipinski definition) is 5. The van der Waals surface area contributed by atoms with Crippen LogP contribution in [0.5, 0.6) is 0 Å². The zero-order valence-electron chi connectivity index (χ0n) is 16.0. The van der Waals surface area contributed by atoms with Gasteiger partial charge in [0, 0.05) is 18.7 Å². The van der Waals surface area contributed by atoms with Crippen molar-refractivity contribution in [2.75, 3.05) is 18.5 Å². The van der Waals surface area contributed by atoms with Crippen molar-refractivity contribution in [2.24, 2.45) is 4.99 Å². The first-order valence-corrected chi connectivity index (χ1v) is 10.7. The third-order valence-corrected chi connectivity index (χ3v) is 6.01. The van der Waals surface area contributed by atoms with E-state index in [9.17, 15) is 9.59 Å². The highest BCUT2D eigenvalue weighted by molar-refractivity contribution is 8.15. The molecule has 0 aliphatic carbocycles. The molecule has 2 aliphatic heterocycles. The maximum Gasteiger partial charge on any atom is 0.242 e. The van der Waals surface area contributed by atoms with Gasteiger partial charge in [0.25, 0.3) is 0 Å². The van der Waals surface area contributed by atoms with Crippen molar-refractivity contribution < 1.29 is 14.3 Å². The Kier molecular flexibility index (Phi) is 6.27. The first-order valence-electron chi connectivity index (χ1n) is 9.77. The molecule has 2 amide bonds. The van der Waals surface area contributed by atoms with Crippen molar-refractivity contribution in [1.29, 1.82) is 0 Å². The van der Waals surface area contributed by atoms with Gasteiger partial charge in [-0.1, -0.05) is 48.2 Å². The third-order valence-electron chi connectivity index (χ3n) is 4.84. The average Bonchev–Trinajstić information content (AvgIpc) is 3.34. The molecule has 2 aromatic rings. The van der Waals surface area contributed by atoms with E-state index in [1.54, 1.807) is 4.90 Å². The van der Waals surface area contributed by atoms with Crippen LogP contribution in [0.15, 0.2) is 65.7 Å². The summed E-state index contributed by atoms with van der Waals surface area (Å²) < 4.78 is 5.72. The summed E-state index contributed by atoms with van der Waals surface area (Å²) in [7, 11) is 0. The number of benzene rings is 2. The summed E-state index contributed by atoms with van der Waals surface area (Å²) in [4.78, 5) is 31.9. The molecular weight excluding hydrogens is 386 g/mol. The second-order valence-corrected chi connectivity index (χ2v) is 8.21. The largest absolute Gasteiger partial charge is 0.376 e. The van der Waals surface area contributed by atoms with E-state index in [4.69, 9.17) is 4.74 Å². The van der Waals surface area contributed by atoms with Gasteiger partial charge in [-0.3, -0.25) is 14.5 Å². The number of carbonyl (C=O) groups is 2. The molecule has 0 bridgehead atoms. The van der Waals surface area contributed by atoms with E-state index in [-0.39, 0.29) is 24.3 Å². The van der Waals surface area contributed by atoms with E-state index in [0.29, 0.717) is 11.7 Å². The quantitative estimate of drug-likeness (QED) is 0.787. The van der Waals surface area contributed by atoms with Gasteiger partial charge in [-0.25, -0.2) is 4.99 Å². The molecule has 0 spiro atoms. The Bertz CT molecular complexity index is 883. The average molecular weight is 410 g/mol. The van der Waals surface area contributed by atoms with Gasteiger partial charge < -0.3 is 10.1 Å². The molecule has 0 saturated carbocycles. The van der Waals surface area contributed by atoms with Crippen LogP contribution in [0, 0.1) is 0 Å². The van der Waals surface area contributed by atoms with Crippen LogP contribution in [0.4, 0.5) is 11.4 Å². The number of para-hydroxylation sites is 2. The molecule has 2 aromatic carbocycles. The fourth-order valence-electron chi connectivity index (χ4n) is 3.40. The van der Waals surface area contributed by atoms with Crippen LogP contribution in [-0.4, -0.2) is 46.4 Å². The summed E-state index contributed by atoms with van der Waals surface area (Å²) in [6, 6.07) is 18.8. The fraction of sp³-hybridized carbons (Fsp3) is 0.318. The van der Waals surface area contributed by atoms with Crippen molar-refractivity contribution in [1.82, 2.24) is 4.90 Å². The Morgan fingerprint density at radius 3 is 2.55 bits per heavy atom. The molecule has 0 radical (unpaired) electrons. The lowest BCUT2D eigenvalue weighted by Crippen LogP contribution is -2.38. The van der Waals surface area contributed by atoms with Gasteiger partial charge in [0.15, 0.2) is 5.17 Å². The molecule has 1 N–H and O–H groups in total. The topological polar surface area (TPSA) is 71.0 Å². The lowest BCUT2D eigenvalue weighted by molar-refractivity contribution is -0.129. The van der Waals surface area contributed by atoms with Crippen molar-refractivity contribution in [3.63, 3.8) is 0 Å². The lowest BCUT2D eigenvalue weighted by atomic mass is 10.2. The van der Waals surface area contributed by atoms with Crippen molar-refractivity contribution in [2.45, 2.75) is 30.6 Å². The van der Waals surface area contributed by atoms with Crippen LogP contribution >= 0.6 is 11.8 Å². The van der Waals surface area contributed by atoms with Crippen LogP contribution in [0.25, 0.3) is 0 Å². The standard InChI is InChI=1S/C22H23N3O3S/c26-20(23-16-8-3-1-4-9-16)14-19-21(27)25(15-18-12-7-13-28-18)22(29-19)24-17-10-5-2-6-11-17/h1-6,8-11,18-19H,7,12-15H2,(H,23,26)/t18-,19+/m1/s1. The number of rotatable bonds is 6. The number of nitrogens with zero attached hydrogens (tertiary/aromatic N) is 2. The number of thioether (sulfide) groups is 1. The zero-order valence-corrected chi connectivity index (χ0v) is 16.8. The molecule has 4 rings (SSSR count). The molecule has 6 nitrogen and oxygen atoms in total. The van der Waals surface area contributed by atoms with Gasteiger partial charge in [-0.05, 0) is 37.1 Å². The number of carbonyl (C=O) groups excluding carboxylic acids is 2. The van der Waals surface area contributed by atoms with E-state index < -0.39 is 5.25 Å². The normalized spacial score (nSPS) is 23.0. The van der Waals surface area contributed by atoms with Crippen LogP contribution in [-0.2, 0) is 14.3 Å². The molecule has 7 heteroatoms. The molecule has 0 unspecified atom stereocenters. The van der Waals surface area contributed by atoms with Gasteiger partial charge in [-0.2, -0.15) is 0 Å². The Balaban J connectivity index is 1.48. The number of amidine groups is 1. The highest BCUT2D eigenvalue weighted by atomic mass is 32.2. The SMILES string of the molecule is O=C(C[C@@H]1SC(=Nc2ccccc2)N(C[C@H]2CCCO2)C1=O)Nc1ccccc1. The van der Waals surface area contributed by atoms with E-state index in [2.05, 4.69) is 10.3 Å². The van der Waals surface area contributed by atoms with Crippen LogP contribution < -0.4 is 5.32 Å². The van der Waals surface area contributed by atoms with Gasteiger partial charge in [-0.15, -0.1) is 0 Å². The minimum absolute atomic E-state index is 0.0254. The highest BCUT2D eigenvalue weighted by Gasteiger charge is 2.40. The second-order valence-electron chi connectivity index (χ2n) is 7.04. The Hall–Kier alpha value is -2.64. The summed E-state index contributed by atoms with van der Waals surface area (Å²) in [5, 5.41) is 3.00. The van der Waals surface area contributed by atoms with Crippen molar-refractivity contribution >= 4 is 40.1 Å². The monoisotopic (exact) mass is 409 g/mol. The highest BCUT2D eigenvalue weighted by Crippen LogP contribution is 2.33. The first kappa shape index (κ1) is 19.7. The molecule has 2 fully saturated rings. The predicted molar refractivity (Wildman–Crippen MR) is 115 cm³/mol. The second kappa shape index (κ2) is 9.24. The molecule has 2 heterocycles. The summed E-state index contributed by atoms with van der Waals surface area (Å²) in [5.74, 6) is -0.261. The van der Waals surface area contributed by atoms with E-state index in [1.807, 2.05) is 60.7 Å². The predicted octanol–water partition coefficient (Wildman–Crippen LogP) is 3.83. The minimum Gasteiger partial charge on any atom is -0.376 e. The van der Waals surface area contributed by atoms with Crippen molar-refractivity contribution in [3.05, 3.63) is 60.7 Å². The smallest absolute Gasteiger partial charge is 0.242 e. The van der Waals surface area contributed by atoms with Gasteiger partial charge in [0.05, 0.1) is 18.3 Å². The maximum absolute atomic E-state index is 13.1. The molecule has 2 atom stereocenters. The number of aliphatic imine (C=N–C) groups is 1. The fourth-order valence-corrected chi connectivity index (χ4v) is 4.57. The zero-order chi connectivity index (χ0) is 20.1. The van der Waals surface area contributed by atoms with Gasteiger partial charge in [0.2, 0.25) is 11.8 Å². The summed E-state index contributed by atoms with van der Waals surface area (Å²) in [6.45, 7) is 1.21. The number of ether oxygens (including phenoxy) is 1. The van der Waals surface area contributed by atoms with Crippen LogP contribution in [0.1, 0.15) is 19.3 Å². The van der Waals surface area contributed by atoms with Crippen LogP contribution in [0.2, 0.25) is 0 Å². The Morgan fingerprint density at radius 1 is 1.14 bits per heavy atom. The Labute approximate surface area is 174 Å². The third kappa shape index (κ3) is 5.05. The Morgan fingerprint density at radius 2 is 1.86 bits per heavy atom. The summed E-state index contributed by atoms with van der Waals surface area (Å²) >= 11 is 1.35. The minimum atomic E-state index is -0.484. The molecule has 2 saturated heterocycles. The van der Waals surface area contributed by atoms with E-state index in [0.717, 1.165) is 30.8 Å². The van der Waals surface area contributed by atoms with Gasteiger partial charge in [0.1, 0.15) is 5.25 Å². The molecule has 150 valence electrons. The number of anilines is 1. The van der Waals surface area contributed by atoms with Crippen molar-refractivity contribution in [3.8, 4) is 0 Å². The molecular formula is C22H23N3O3S. The van der Waals surface area contributed by atoms with E-state index in [1.165, 1.54) is 11.8 Å².